The summed E-state index contributed by atoms with van der Waals surface area (Å²) in [4.78, 5) is 4.32. The lowest BCUT2D eigenvalue weighted by atomic mass is 10.0. The van der Waals surface area contributed by atoms with Gasteiger partial charge in [0, 0.05) is 11.8 Å². The van der Waals surface area contributed by atoms with Crippen molar-refractivity contribution in [1.82, 2.24) is 9.38 Å². The molecule has 96 valence electrons. The van der Waals surface area contributed by atoms with Crippen LogP contribution in [0.25, 0.3) is 16.9 Å². The van der Waals surface area contributed by atoms with Crippen LogP contribution in [0.15, 0.2) is 36.5 Å². The summed E-state index contributed by atoms with van der Waals surface area (Å²) in [5, 5.41) is 0. The van der Waals surface area contributed by atoms with Crippen LogP contribution in [-0.2, 0) is 0 Å². The second-order valence-electron chi connectivity index (χ2n) is 4.69. The summed E-state index contributed by atoms with van der Waals surface area (Å²) in [6.07, 6.45) is 1.71. The molecule has 0 saturated carbocycles. The molecule has 3 aromatic rings. The molecule has 0 aliphatic carbocycles. The fourth-order valence-electron chi connectivity index (χ4n) is 2.15. The lowest BCUT2D eigenvalue weighted by Crippen LogP contribution is -1.94. The van der Waals surface area contributed by atoms with Gasteiger partial charge in [0.15, 0.2) is 11.5 Å². The molecule has 2 heterocycles. The van der Waals surface area contributed by atoms with Gasteiger partial charge in [-0.05, 0) is 43.2 Å². The number of nitrogens with zero attached hydrogens (tertiary/aromatic N) is 2. The first-order valence-corrected chi connectivity index (χ1v) is 6.07. The van der Waals surface area contributed by atoms with E-state index in [0.29, 0.717) is 11.5 Å². The molecule has 2 N–H and O–H groups in total. The number of fused-ring (bicyclic) bond motifs is 1. The van der Waals surface area contributed by atoms with Crippen LogP contribution in [0.1, 0.15) is 11.1 Å². The summed E-state index contributed by atoms with van der Waals surface area (Å²) in [7, 11) is 0. The van der Waals surface area contributed by atoms with E-state index >= 15 is 0 Å². The molecule has 0 aliphatic heterocycles. The summed E-state index contributed by atoms with van der Waals surface area (Å²) in [5.74, 6) is 0.0852. The number of nitrogens with two attached hydrogens (primary N) is 1. The van der Waals surface area contributed by atoms with Gasteiger partial charge >= 0.3 is 0 Å². The van der Waals surface area contributed by atoms with Crippen LogP contribution in [0, 0.1) is 19.7 Å². The summed E-state index contributed by atoms with van der Waals surface area (Å²) in [6.45, 7) is 4.08. The molecule has 0 spiro atoms. The topological polar surface area (TPSA) is 43.3 Å². The number of hydrogen-bond acceptors (Lipinski definition) is 2. The molecule has 3 rings (SSSR count). The zero-order valence-electron chi connectivity index (χ0n) is 10.8. The van der Waals surface area contributed by atoms with Crippen LogP contribution in [-0.4, -0.2) is 9.38 Å². The Labute approximate surface area is 110 Å². The Balaban J connectivity index is 2.28. The van der Waals surface area contributed by atoms with Crippen molar-refractivity contribution in [3.8, 4) is 11.3 Å². The number of aromatic nitrogens is 2. The van der Waals surface area contributed by atoms with E-state index in [-0.39, 0.29) is 11.5 Å². The monoisotopic (exact) mass is 255 g/mol. The van der Waals surface area contributed by atoms with E-state index in [9.17, 15) is 4.39 Å². The van der Waals surface area contributed by atoms with E-state index in [1.165, 1.54) is 11.6 Å². The van der Waals surface area contributed by atoms with Gasteiger partial charge in [0.25, 0.3) is 0 Å². The molecular weight excluding hydrogens is 241 g/mol. The van der Waals surface area contributed by atoms with Gasteiger partial charge in [0.05, 0.1) is 0 Å². The number of nitrogen functional groups attached to an aromatic ring is 1. The minimum absolute atomic E-state index is 0.258. The predicted octanol–water partition coefficient (Wildman–Crippen LogP) is 3.34. The smallest absolute Gasteiger partial charge is 0.175 e. The van der Waals surface area contributed by atoms with Crippen LogP contribution in [0.3, 0.4) is 0 Å². The minimum atomic E-state index is -0.371. The van der Waals surface area contributed by atoms with E-state index in [2.05, 4.69) is 4.98 Å². The molecule has 0 aliphatic rings. The van der Waals surface area contributed by atoms with Crippen LogP contribution >= 0.6 is 0 Å². The summed E-state index contributed by atoms with van der Waals surface area (Å²) >= 11 is 0. The number of benzene rings is 1. The quantitative estimate of drug-likeness (QED) is 0.724. The van der Waals surface area contributed by atoms with Gasteiger partial charge in [-0.15, -0.1) is 0 Å². The van der Waals surface area contributed by atoms with Crippen molar-refractivity contribution in [3.05, 3.63) is 53.5 Å². The van der Waals surface area contributed by atoms with Gasteiger partial charge in [0.1, 0.15) is 11.5 Å². The highest BCUT2D eigenvalue weighted by atomic mass is 19.1. The number of aryl methyl sites for hydroxylation is 2. The normalized spacial score (nSPS) is 11.1. The molecule has 1 aromatic carbocycles. The van der Waals surface area contributed by atoms with Crippen LogP contribution in [0.5, 0.6) is 0 Å². The minimum Gasteiger partial charge on any atom is -0.383 e. The zero-order valence-corrected chi connectivity index (χ0v) is 10.8. The third-order valence-electron chi connectivity index (χ3n) is 3.42. The molecule has 2 aromatic heterocycles. The van der Waals surface area contributed by atoms with Gasteiger partial charge in [-0.2, -0.15) is 0 Å². The highest BCUT2D eigenvalue weighted by molar-refractivity contribution is 5.75. The first kappa shape index (κ1) is 11.7. The number of halogens is 1. The summed E-state index contributed by atoms with van der Waals surface area (Å²) < 4.78 is 15.3. The van der Waals surface area contributed by atoms with Gasteiger partial charge < -0.3 is 5.73 Å². The van der Waals surface area contributed by atoms with Crippen molar-refractivity contribution < 1.29 is 4.39 Å². The second-order valence-corrected chi connectivity index (χ2v) is 4.69. The largest absolute Gasteiger partial charge is 0.383 e. The summed E-state index contributed by atoms with van der Waals surface area (Å²) in [6, 6.07) is 8.99. The zero-order chi connectivity index (χ0) is 13.6. The van der Waals surface area contributed by atoms with Crippen LogP contribution in [0.2, 0.25) is 0 Å². The molecule has 4 heteroatoms. The molecular formula is C15H14FN3. The van der Waals surface area contributed by atoms with Crippen molar-refractivity contribution in [2.24, 2.45) is 0 Å². The number of pyridine rings is 1. The molecule has 19 heavy (non-hydrogen) atoms. The molecule has 0 atom stereocenters. The first-order valence-electron chi connectivity index (χ1n) is 6.07. The number of rotatable bonds is 1. The van der Waals surface area contributed by atoms with Crippen molar-refractivity contribution >= 4 is 11.5 Å². The van der Waals surface area contributed by atoms with Crippen molar-refractivity contribution in [2.45, 2.75) is 13.8 Å². The maximum Gasteiger partial charge on any atom is 0.175 e. The van der Waals surface area contributed by atoms with Crippen molar-refractivity contribution in [1.29, 1.82) is 0 Å². The third kappa shape index (κ3) is 1.76. The average Bonchev–Trinajstić information content (AvgIpc) is 2.72. The highest BCUT2D eigenvalue weighted by Crippen LogP contribution is 2.28. The molecule has 0 saturated heterocycles. The van der Waals surface area contributed by atoms with Gasteiger partial charge in [0.2, 0.25) is 0 Å². The Morgan fingerprint density at radius 1 is 1.16 bits per heavy atom. The molecule has 0 unspecified atom stereocenters. The summed E-state index contributed by atoms with van der Waals surface area (Å²) in [5.41, 5.74) is 10.2. The predicted molar refractivity (Wildman–Crippen MR) is 74.5 cm³/mol. The molecule has 0 fully saturated rings. The van der Waals surface area contributed by atoms with E-state index in [1.807, 2.05) is 32.0 Å². The Hall–Kier alpha value is -2.36. The molecule has 0 bridgehead atoms. The SMILES string of the molecule is Cc1ccc(-c2nc3c(F)cccn3c2N)cc1C. The highest BCUT2D eigenvalue weighted by Gasteiger charge is 2.14. The first-order chi connectivity index (χ1) is 9.08. The Kier molecular flexibility index (Phi) is 2.52. The third-order valence-corrected chi connectivity index (χ3v) is 3.42. The maximum absolute atomic E-state index is 13.7. The number of hydrogen-bond donors (Lipinski definition) is 1. The fourth-order valence-corrected chi connectivity index (χ4v) is 2.15. The van der Waals surface area contributed by atoms with Crippen molar-refractivity contribution in [2.75, 3.05) is 5.73 Å². The molecule has 3 nitrogen and oxygen atoms in total. The second kappa shape index (κ2) is 4.09. The lowest BCUT2D eigenvalue weighted by Gasteiger charge is -2.03. The Morgan fingerprint density at radius 3 is 2.63 bits per heavy atom. The van der Waals surface area contributed by atoms with Gasteiger partial charge in [-0.1, -0.05) is 12.1 Å². The van der Waals surface area contributed by atoms with Crippen molar-refractivity contribution in [3.63, 3.8) is 0 Å². The molecule has 0 amide bonds. The number of imidazole rings is 1. The Bertz CT molecular complexity index is 774. The average molecular weight is 255 g/mol. The standard InChI is InChI=1S/C15H14FN3/c1-9-5-6-11(8-10(9)2)13-14(17)19-7-3-4-12(16)15(19)18-13/h3-8H,17H2,1-2H3. The van der Waals surface area contributed by atoms with Gasteiger partial charge in [-0.3, -0.25) is 4.40 Å². The van der Waals surface area contributed by atoms with E-state index in [1.54, 1.807) is 16.7 Å². The molecule has 0 radical (unpaired) electrons. The van der Waals surface area contributed by atoms with E-state index < -0.39 is 0 Å². The van der Waals surface area contributed by atoms with E-state index in [4.69, 9.17) is 5.73 Å². The van der Waals surface area contributed by atoms with Crippen LogP contribution in [0.4, 0.5) is 10.2 Å². The Morgan fingerprint density at radius 2 is 1.95 bits per heavy atom. The fraction of sp³-hybridized carbons (Fsp3) is 0.133. The lowest BCUT2D eigenvalue weighted by molar-refractivity contribution is 0.630. The van der Waals surface area contributed by atoms with Gasteiger partial charge in [-0.25, -0.2) is 9.37 Å². The maximum atomic E-state index is 13.7. The van der Waals surface area contributed by atoms with E-state index in [0.717, 1.165) is 11.1 Å². The van der Waals surface area contributed by atoms with Crippen LogP contribution < -0.4 is 5.73 Å². The number of anilines is 1.